The van der Waals surface area contributed by atoms with E-state index in [4.69, 9.17) is 0 Å². The fraction of sp³-hybridized carbons (Fsp3) is 0.143. The minimum atomic E-state index is -0.131. The van der Waals surface area contributed by atoms with E-state index >= 15 is 0 Å². The highest BCUT2D eigenvalue weighted by atomic mass is 33.1. The van der Waals surface area contributed by atoms with E-state index in [-0.39, 0.29) is 5.69 Å². The van der Waals surface area contributed by atoms with Crippen molar-refractivity contribution in [2.24, 2.45) is 0 Å². The zero-order valence-electron chi connectivity index (χ0n) is 6.85. The van der Waals surface area contributed by atoms with Gasteiger partial charge in [0, 0.05) is 17.2 Å². The van der Waals surface area contributed by atoms with E-state index in [9.17, 15) is 4.79 Å². The number of pyridine rings is 1. The molecule has 6 heteroatoms. The van der Waals surface area contributed by atoms with Crippen LogP contribution in [0.5, 0.6) is 0 Å². The first kappa shape index (κ1) is 8.71. The molecule has 0 aliphatic carbocycles. The number of hydrogen-bond donors (Lipinski definition) is 1. The zero-order chi connectivity index (χ0) is 9.26. The summed E-state index contributed by atoms with van der Waals surface area (Å²) in [5, 5.41) is 0. The molecular formula is C7H7N3OS2. The van der Waals surface area contributed by atoms with E-state index in [1.807, 2.05) is 18.4 Å². The topological polar surface area (TPSA) is 50.7 Å². The molecular weight excluding hydrogens is 206 g/mol. The Morgan fingerprint density at radius 1 is 1.62 bits per heavy atom. The second kappa shape index (κ2) is 3.47. The van der Waals surface area contributed by atoms with E-state index in [0.717, 1.165) is 5.52 Å². The summed E-state index contributed by atoms with van der Waals surface area (Å²) in [7, 11) is 2.91. The van der Waals surface area contributed by atoms with Gasteiger partial charge in [0.15, 0.2) is 5.65 Å². The molecule has 0 unspecified atom stereocenters. The highest BCUT2D eigenvalue weighted by molar-refractivity contribution is 8.75. The Hall–Kier alpha value is -0.880. The highest BCUT2D eigenvalue weighted by Gasteiger charge is 2.05. The molecule has 2 aromatic heterocycles. The zero-order valence-corrected chi connectivity index (χ0v) is 8.48. The molecule has 2 rings (SSSR count). The lowest BCUT2D eigenvalue weighted by molar-refractivity contribution is 1.15. The molecule has 0 aliphatic rings. The first-order valence-corrected chi connectivity index (χ1v) is 6.11. The van der Waals surface area contributed by atoms with Crippen molar-refractivity contribution >= 4 is 32.9 Å². The van der Waals surface area contributed by atoms with Crippen LogP contribution in [0.3, 0.4) is 0 Å². The number of nitrogens with one attached hydrogen (secondary N) is 1. The van der Waals surface area contributed by atoms with E-state index in [0.29, 0.717) is 5.65 Å². The van der Waals surface area contributed by atoms with Crippen LogP contribution in [-0.2, 0) is 0 Å². The van der Waals surface area contributed by atoms with Gasteiger partial charge in [-0.2, -0.15) is 0 Å². The molecule has 0 spiro atoms. The van der Waals surface area contributed by atoms with Gasteiger partial charge in [-0.3, -0.25) is 4.98 Å². The van der Waals surface area contributed by atoms with Gasteiger partial charge in [0.25, 0.3) is 0 Å². The molecule has 0 atom stereocenters. The second-order valence-electron chi connectivity index (χ2n) is 2.34. The molecule has 0 saturated carbocycles. The minimum Gasteiger partial charge on any atom is -0.289 e. The van der Waals surface area contributed by atoms with Gasteiger partial charge < -0.3 is 0 Å². The molecule has 2 aromatic rings. The van der Waals surface area contributed by atoms with Gasteiger partial charge in [-0.05, 0) is 18.4 Å². The van der Waals surface area contributed by atoms with Crippen LogP contribution in [0.15, 0.2) is 23.1 Å². The molecule has 0 radical (unpaired) electrons. The number of nitrogens with zero attached hydrogens (tertiary/aromatic N) is 2. The molecule has 2 heterocycles. The summed E-state index contributed by atoms with van der Waals surface area (Å²) in [6.07, 6.45) is 3.58. The van der Waals surface area contributed by atoms with Crippen LogP contribution in [0, 0.1) is 0 Å². The van der Waals surface area contributed by atoms with E-state index in [1.165, 1.54) is 21.8 Å². The first-order chi connectivity index (χ1) is 6.33. The monoisotopic (exact) mass is 213 g/mol. The summed E-state index contributed by atoms with van der Waals surface area (Å²) in [6, 6.07) is 3.68. The van der Waals surface area contributed by atoms with Crippen molar-refractivity contribution in [2.45, 2.75) is 0 Å². The van der Waals surface area contributed by atoms with Crippen molar-refractivity contribution in [3.05, 3.63) is 28.8 Å². The Morgan fingerprint density at radius 3 is 3.23 bits per heavy atom. The number of aromatic amines is 1. The molecule has 0 amide bonds. The van der Waals surface area contributed by atoms with Crippen LogP contribution in [-0.4, -0.2) is 20.2 Å². The maximum absolute atomic E-state index is 11.4. The number of aromatic nitrogens is 3. The summed E-state index contributed by atoms with van der Waals surface area (Å²) in [5.41, 5.74) is 1.33. The molecule has 4 nitrogen and oxygen atoms in total. The van der Waals surface area contributed by atoms with Crippen molar-refractivity contribution in [3.63, 3.8) is 0 Å². The Labute approximate surface area is 82.3 Å². The molecule has 0 fully saturated rings. The van der Waals surface area contributed by atoms with Crippen molar-refractivity contribution in [1.29, 1.82) is 0 Å². The van der Waals surface area contributed by atoms with Crippen LogP contribution in [0.1, 0.15) is 0 Å². The third kappa shape index (κ3) is 1.47. The number of rotatable bonds is 2. The van der Waals surface area contributed by atoms with Gasteiger partial charge in [-0.25, -0.2) is 13.8 Å². The first-order valence-electron chi connectivity index (χ1n) is 3.60. The van der Waals surface area contributed by atoms with Gasteiger partial charge in [0.2, 0.25) is 0 Å². The fourth-order valence-electron chi connectivity index (χ4n) is 1.07. The average molecular weight is 213 g/mol. The molecule has 1 N–H and O–H groups in total. The predicted octanol–water partition coefficient (Wildman–Crippen LogP) is 1.50. The van der Waals surface area contributed by atoms with Crippen LogP contribution in [0.25, 0.3) is 11.2 Å². The quantitative estimate of drug-likeness (QED) is 0.768. The van der Waals surface area contributed by atoms with E-state index < -0.39 is 0 Å². The lowest BCUT2D eigenvalue weighted by Gasteiger charge is -1.95. The summed E-state index contributed by atoms with van der Waals surface area (Å²) >= 11 is 0. The number of fused-ring (bicyclic) bond motifs is 1. The SMILES string of the molecule is CSSn1c(=O)[nH]c2ncccc21. The normalized spacial score (nSPS) is 10.8. The Kier molecular flexibility index (Phi) is 2.32. The van der Waals surface area contributed by atoms with Crippen molar-refractivity contribution < 1.29 is 0 Å². The van der Waals surface area contributed by atoms with Gasteiger partial charge >= 0.3 is 5.69 Å². The number of H-pyrrole nitrogens is 1. The van der Waals surface area contributed by atoms with E-state index in [1.54, 1.807) is 10.2 Å². The van der Waals surface area contributed by atoms with Crippen molar-refractivity contribution in [2.75, 3.05) is 6.26 Å². The average Bonchev–Trinajstić information content (AvgIpc) is 2.44. The summed E-state index contributed by atoms with van der Waals surface area (Å²) in [5.74, 6) is 0. The standard InChI is InChI=1S/C7H7N3OS2/c1-12-13-10-5-3-2-4-8-6(5)9-7(10)11/h2-4H,1H3,(H,8,9,11). The molecule has 0 aromatic carbocycles. The molecule has 13 heavy (non-hydrogen) atoms. The van der Waals surface area contributed by atoms with Crippen LogP contribution in [0.4, 0.5) is 0 Å². The summed E-state index contributed by atoms with van der Waals surface area (Å²) in [6.45, 7) is 0. The maximum atomic E-state index is 11.4. The van der Waals surface area contributed by atoms with Gasteiger partial charge in [0.05, 0.1) is 0 Å². The van der Waals surface area contributed by atoms with Crippen LogP contribution >= 0.6 is 21.8 Å². The highest BCUT2D eigenvalue weighted by Crippen LogP contribution is 2.21. The van der Waals surface area contributed by atoms with Gasteiger partial charge in [-0.1, -0.05) is 10.8 Å². The Morgan fingerprint density at radius 2 is 2.46 bits per heavy atom. The largest absolute Gasteiger partial charge is 0.338 e. The van der Waals surface area contributed by atoms with Crippen LogP contribution < -0.4 is 5.69 Å². The lowest BCUT2D eigenvalue weighted by Crippen LogP contribution is -2.09. The van der Waals surface area contributed by atoms with Crippen LogP contribution in [0.2, 0.25) is 0 Å². The van der Waals surface area contributed by atoms with Gasteiger partial charge in [0.1, 0.15) is 5.52 Å². The Bertz CT molecular complexity index is 476. The third-order valence-electron chi connectivity index (χ3n) is 1.56. The maximum Gasteiger partial charge on any atom is 0.338 e. The van der Waals surface area contributed by atoms with Gasteiger partial charge in [-0.15, -0.1) is 0 Å². The molecule has 68 valence electrons. The minimum absolute atomic E-state index is 0.131. The Balaban J connectivity index is 2.71. The third-order valence-corrected chi connectivity index (χ3v) is 3.12. The predicted molar refractivity (Wildman–Crippen MR) is 56.9 cm³/mol. The molecule has 0 saturated heterocycles. The number of imidazole rings is 1. The van der Waals surface area contributed by atoms with Crippen molar-refractivity contribution in [3.8, 4) is 0 Å². The van der Waals surface area contributed by atoms with E-state index in [2.05, 4.69) is 9.97 Å². The fourth-order valence-corrected chi connectivity index (χ4v) is 2.45. The second-order valence-corrected chi connectivity index (χ2v) is 4.63. The molecule has 0 bridgehead atoms. The molecule has 0 aliphatic heterocycles. The smallest absolute Gasteiger partial charge is 0.289 e. The lowest BCUT2D eigenvalue weighted by atomic mass is 10.4. The number of hydrogen-bond acceptors (Lipinski definition) is 4. The van der Waals surface area contributed by atoms with Crippen molar-refractivity contribution in [1.82, 2.24) is 13.9 Å². The summed E-state index contributed by atoms with van der Waals surface area (Å²) < 4.78 is 1.59. The summed E-state index contributed by atoms with van der Waals surface area (Å²) in [4.78, 5) is 18.1.